The van der Waals surface area contributed by atoms with Gasteiger partial charge in [-0.1, -0.05) is 19.1 Å². The molecule has 0 amide bonds. The van der Waals surface area contributed by atoms with Crippen LogP contribution in [0.4, 0.5) is 0 Å². The Balaban J connectivity index is 2.65. The van der Waals surface area contributed by atoms with E-state index in [2.05, 4.69) is 9.97 Å². The van der Waals surface area contributed by atoms with Gasteiger partial charge >= 0.3 is 0 Å². The summed E-state index contributed by atoms with van der Waals surface area (Å²) in [6.45, 7) is 2.00. The maximum Gasteiger partial charge on any atom is 0.280 e. The highest BCUT2D eigenvalue weighted by Crippen LogP contribution is 2.13. The number of hydrogen-bond donors (Lipinski definition) is 1. The highest BCUT2D eigenvalue weighted by molar-refractivity contribution is 7.99. The molecule has 0 saturated heterocycles. The topological polar surface area (TPSA) is 45.8 Å². The van der Waals surface area contributed by atoms with Crippen molar-refractivity contribution in [3.63, 3.8) is 0 Å². The molecular weight excluding hydrogens is 196 g/mol. The molecule has 0 spiro atoms. The summed E-state index contributed by atoms with van der Waals surface area (Å²) in [5.74, 6) is 0.856. The van der Waals surface area contributed by atoms with Crippen LogP contribution in [0.25, 0.3) is 11.0 Å². The third-order valence-corrected chi connectivity index (χ3v) is 2.69. The number of para-hydroxylation sites is 2. The fourth-order valence-electron chi connectivity index (χ4n) is 1.25. The number of hydrogen-bond acceptors (Lipinski definition) is 3. The zero-order valence-electron chi connectivity index (χ0n) is 7.78. The average Bonchev–Trinajstić information content (AvgIpc) is 2.19. The summed E-state index contributed by atoms with van der Waals surface area (Å²) in [4.78, 5) is 18.6. The summed E-state index contributed by atoms with van der Waals surface area (Å²) in [7, 11) is 0. The van der Waals surface area contributed by atoms with Crippen molar-refractivity contribution >= 4 is 22.8 Å². The van der Waals surface area contributed by atoms with E-state index in [1.807, 2.05) is 31.2 Å². The molecule has 1 aromatic carbocycles. The standard InChI is InChI=1S/C10H10N2OS/c1-2-14-10-9(13)11-7-5-3-4-6-8(7)12-10/h3-6H,2H2,1H3,(H,11,13). The first-order valence-corrected chi connectivity index (χ1v) is 5.41. The number of thioether (sulfide) groups is 1. The van der Waals surface area contributed by atoms with Crippen LogP contribution < -0.4 is 5.56 Å². The van der Waals surface area contributed by atoms with E-state index < -0.39 is 0 Å². The molecule has 0 aliphatic carbocycles. The lowest BCUT2D eigenvalue weighted by Gasteiger charge is -1.99. The molecule has 0 fully saturated rings. The molecule has 0 unspecified atom stereocenters. The second kappa shape index (κ2) is 3.84. The second-order valence-corrected chi connectivity index (χ2v) is 4.07. The maximum atomic E-state index is 11.5. The van der Waals surface area contributed by atoms with Crippen molar-refractivity contribution in [2.24, 2.45) is 0 Å². The van der Waals surface area contributed by atoms with E-state index in [0.29, 0.717) is 5.03 Å². The minimum Gasteiger partial charge on any atom is -0.318 e. The van der Waals surface area contributed by atoms with Gasteiger partial charge in [0, 0.05) is 0 Å². The Morgan fingerprint density at radius 1 is 1.43 bits per heavy atom. The van der Waals surface area contributed by atoms with Crippen molar-refractivity contribution in [3.05, 3.63) is 34.6 Å². The van der Waals surface area contributed by atoms with Crippen LogP contribution >= 0.6 is 11.8 Å². The summed E-state index contributed by atoms with van der Waals surface area (Å²) in [5.41, 5.74) is 1.52. The van der Waals surface area contributed by atoms with Crippen LogP contribution in [0.1, 0.15) is 6.92 Å². The van der Waals surface area contributed by atoms with E-state index in [4.69, 9.17) is 0 Å². The highest BCUT2D eigenvalue weighted by atomic mass is 32.2. The first-order chi connectivity index (χ1) is 6.81. The van der Waals surface area contributed by atoms with Crippen molar-refractivity contribution in [1.82, 2.24) is 9.97 Å². The molecule has 3 nitrogen and oxygen atoms in total. The Morgan fingerprint density at radius 3 is 3.00 bits per heavy atom. The number of nitrogens with zero attached hydrogens (tertiary/aromatic N) is 1. The van der Waals surface area contributed by atoms with Crippen molar-refractivity contribution in [2.75, 3.05) is 5.75 Å². The van der Waals surface area contributed by atoms with Gasteiger partial charge in [-0.3, -0.25) is 4.79 Å². The van der Waals surface area contributed by atoms with Gasteiger partial charge < -0.3 is 4.98 Å². The van der Waals surface area contributed by atoms with E-state index in [1.54, 1.807) is 0 Å². The lowest BCUT2D eigenvalue weighted by atomic mass is 10.3. The molecule has 0 atom stereocenters. The van der Waals surface area contributed by atoms with Gasteiger partial charge in [-0.25, -0.2) is 4.98 Å². The number of H-pyrrole nitrogens is 1. The van der Waals surface area contributed by atoms with Gasteiger partial charge in [0.25, 0.3) is 5.56 Å². The molecule has 2 aromatic rings. The van der Waals surface area contributed by atoms with E-state index >= 15 is 0 Å². The van der Waals surface area contributed by atoms with Crippen LogP contribution in [0.3, 0.4) is 0 Å². The predicted octanol–water partition coefficient (Wildman–Crippen LogP) is 2.04. The number of aromatic nitrogens is 2. The molecule has 0 bridgehead atoms. The minimum absolute atomic E-state index is 0.101. The molecule has 72 valence electrons. The van der Waals surface area contributed by atoms with Crippen molar-refractivity contribution < 1.29 is 0 Å². The predicted molar refractivity (Wildman–Crippen MR) is 58.8 cm³/mol. The lowest BCUT2D eigenvalue weighted by Crippen LogP contribution is -2.10. The number of aromatic amines is 1. The number of rotatable bonds is 2. The Hall–Kier alpha value is -1.29. The Kier molecular flexibility index (Phi) is 2.54. The van der Waals surface area contributed by atoms with Crippen LogP contribution in [-0.2, 0) is 0 Å². The first-order valence-electron chi connectivity index (χ1n) is 4.43. The molecule has 0 radical (unpaired) electrons. The van der Waals surface area contributed by atoms with E-state index in [-0.39, 0.29) is 5.56 Å². The van der Waals surface area contributed by atoms with Gasteiger partial charge in [0.1, 0.15) is 0 Å². The maximum absolute atomic E-state index is 11.5. The Morgan fingerprint density at radius 2 is 2.21 bits per heavy atom. The Bertz CT molecular complexity index is 507. The number of benzene rings is 1. The molecule has 2 rings (SSSR count). The SMILES string of the molecule is CCSc1nc2ccccc2[nH]c1=O. The van der Waals surface area contributed by atoms with E-state index in [9.17, 15) is 4.79 Å². The highest BCUT2D eigenvalue weighted by Gasteiger charge is 2.02. The van der Waals surface area contributed by atoms with E-state index in [1.165, 1.54) is 11.8 Å². The molecule has 0 aliphatic rings. The fourth-order valence-corrected chi connectivity index (χ4v) is 1.87. The van der Waals surface area contributed by atoms with Crippen LogP contribution in [0.2, 0.25) is 0 Å². The average molecular weight is 206 g/mol. The molecule has 1 heterocycles. The van der Waals surface area contributed by atoms with Gasteiger partial charge in [-0.15, -0.1) is 11.8 Å². The second-order valence-electron chi connectivity index (χ2n) is 2.82. The number of nitrogens with one attached hydrogen (secondary N) is 1. The quantitative estimate of drug-likeness (QED) is 0.765. The molecule has 4 heteroatoms. The summed E-state index contributed by atoms with van der Waals surface area (Å²) < 4.78 is 0. The summed E-state index contributed by atoms with van der Waals surface area (Å²) in [5, 5.41) is 0.547. The molecular formula is C10H10N2OS. The van der Waals surface area contributed by atoms with Crippen molar-refractivity contribution in [2.45, 2.75) is 11.9 Å². The number of fused-ring (bicyclic) bond motifs is 1. The lowest BCUT2D eigenvalue weighted by molar-refractivity contribution is 1.05. The smallest absolute Gasteiger partial charge is 0.280 e. The minimum atomic E-state index is -0.101. The Labute approximate surface area is 85.6 Å². The van der Waals surface area contributed by atoms with Gasteiger partial charge in [0.05, 0.1) is 11.0 Å². The van der Waals surface area contributed by atoms with Gasteiger partial charge in [0.2, 0.25) is 0 Å². The summed E-state index contributed by atoms with van der Waals surface area (Å²) in [6, 6.07) is 7.54. The monoisotopic (exact) mass is 206 g/mol. The van der Waals surface area contributed by atoms with Gasteiger partial charge in [0.15, 0.2) is 5.03 Å². The van der Waals surface area contributed by atoms with Gasteiger partial charge in [-0.2, -0.15) is 0 Å². The van der Waals surface area contributed by atoms with Crippen LogP contribution in [0, 0.1) is 0 Å². The molecule has 1 N–H and O–H groups in total. The van der Waals surface area contributed by atoms with Gasteiger partial charge in [-0.05, 0) is 17.9 Å². The largest absolute Gasteiger partial charge is 0.318 e. The summed E-state index contributed by atoms with van der Waals surface area (Å²) in [6.07, 6.45) is 0. The third-order valence-electron chi connectivity index (χ3n) is 1.85. The van der Waals surface area contributed by atoms with E-state index in [0.717, 1.165) is 16.8 Å². The van der Waals surface area contributed by atoms with Crippen LogP contribution in [0.5, 0.6) is 0 Å². The normalized spacial score (nSPS) is 10.6. The third kappa shape index (κ3) is 1.65. The zero-order valence-corrected chi connectivity index (χ0v) is 8.60. The molecule has 0 saturated carbocycles. The molecule has 1 aromatic heterocycles. The van der Waals surface area contributed by atoms with Crippen LogP contribution in [0.15, 0.2) is 34.1 Å². The molecule has 14 heavy (non-hydrogen) atoms. The fraction of sp³-hybridized carbons (Fsp3) is 0.200. The first kappa shape index (κ1) is 9.27. The zero-order chi connectivity index (χ0) is 9.97. The molecule has 0 aliphatic heterocycles. The van der Waals surface area contributed by atoms with Crippen molar-refractivity contribution in [1.29, 1.82) is 0 Å². The summed E-state index contributed by atoms with van der Waals surface area (Å²) >= 11 is 1.46. The van der Waals surface area contributed by atoms with Crippen LogP contribution in [-0.4, -0.2) is 15.7 Å². The van der Waals surface area contributed by atoms with Crippen molar-refractivity contribution in [3.8, 4) is 0 Å².